The van der Waals surface area contributed by atoms with Crippen LogP contribution in [0.25, 0.3) is 0 Å². The highest BCUT2D eigenvalue weighted by Gasteiger charge is 2.30. The number of alkyl halides is 3. The molecule has 112 valence electrons. The molecule has 0 aliphatic heterocycles. The van der Waals surface area contributed by atoms with Gasteiger partial charge in [0.15, 0.2) is 0 Å². The highest BCUT2D eigenvalue weighted by Crippen LogP contribution is 2.21. The maximum atomic E-state index is 11.9. The van der Waals surface area contributed by atoms with E-state index in [2.05, 4.69) is 15.0 Å². The number of oxime groups is 1. The number of nitrogens with zero attached hydrogens (tertiary/aromatic N) is 2. The first-order valence-electron chi connectivity index (χ1n) is 5.91. The molecule has 0 aliphatic carbocycles. The number of aromatic nitrogens is 1. The Morgan fingerprint density at radius 3 is 2.65 bits per heavy atom. The minimum Gasteiger partial charge on any atom is -0.294 e. The largest absolute Gasteiger partial charge is 0.593 e. The van der Waals surface area contributed by atoms with E-state index >= 15 is 0 Å². The van der Waals surface area contributed by atoms with Crippen molar-refractivity contribution in [3.05, 3.63) is 23.5 Å². The molecule has 1 aromatic heterocycles. The summed E-state index contributed by atoms with van der Waals surface area (Å²) in [5.41, 5.74) is 0.967. The van der Waals surface area contributed by atoms with Gasteiger partial charge in [-0.3, -0.25) is 14.0 Å². The van der Waals surface area contributed by atoms with Crippen molar-refractivity contribution in [1.82, 2.24) is 4.98 Å². The number of hydrogen-bond donors (Lipinski definition) is 0. The second-order valence-electron chi connectivity index (χ2n) is 4.21. The van der Waals surface area contributed by atoms with Crippen LogP contribution in [0.15, 0.2) is 22.3 Å². The van der Waals surface area contributed by atoms with Gasteiger partial charge in [-0.2, -0.15) is 0 Å². The average molecular weight is 308 g/mol. The minimum absolute atomic E-state index is 0.0675. The molecule has 0 aromatic carbocycles. The predicted octanol–water partition coefficient (Wildman–Crippen LogP) is 3.20. The summed E-state index contributed by atoms with van der Waals surface area (Å²) in [4.78, 5) is 7.96. The van der Waals surface area contributed by atoms with Crippen molar-refractivity contribution in [3.63, 3.8) is 0 Å². The van der Waals surface area contributed by atoms with Gasteiger partial charge in [0, 0.05) is 17.5 Å². The molecular weight excluding hydrogens is 293 g/mol. The maximum absolute atomic E-state index is 11.9. The lowest BCUT2D eigenvalue weighted by Gasteiger charge is -2.11. The third-order valence-corrected chi connectivity index (χ3v) is 3.66. The van der Waals surface area contributed by atoms with Gasteiger partial charge in [0.1, 0.15) is 0 Å². The zero-order valence-electron chi connectivity index (χ0n) is 11.3. The standard InChI is InChI=1S/C12H15F3N2O2S/c1-4-20(18)10-5-9(6-16-11(10)8(2)3)7-17-19-12(13,14)15/h5-8H,4H2,1-3H3/b17-7+. The smallest absolute Gasteiger partial charge is 0.294 e. The summed E-state index contributed by atoms with van der Waals surface area (Å²) >= 11 is 0. The number of halogens is 3. The number of hydrogen-bond acceptors (Lipinski definition) is 4. The zero-order valence-corrected chi connectivity index (χ0v) is 12.1. The van der Waals surface area contributed by atoms with Gasteiger partial charge in [-0.05, 0) is 12.0 Å². The summed E-state index contributed by atoms with van der Waals surface area (Å²) in [5.74, 6) is 0.471. The molecular formula is C12H15F3N2O2S. The Bertz CT molecular complexity index is 516. The summed E-state index contributed by atoms with van der Waals surface area (Å²) in [7, 11) is -1.24. The molecule has 0 fully saturated rings. The fraction of sp³-hybridized carbons (Fsp3) is 0.500. The van der Waals surface area contributed by atoms with E-state index in [1.165, 1.54) is 12.3 Å². The first-order valence-corrected chi connectivity index (χ1v) is 7.23. The summed E-state index contributed by atoms with van der Waals surface area (Å²) < 4.78 is 47.3. The Kier molecular flexibility index (Phi) is 5.67. The number of pyridine rings is 1. The monoisotopic (exact) mass is 308 g/mol. The molecule has 1 atom stereocenters. The van der Waals surface area contributed by atoms with Gasteiger partial charge in [0.05, 0.1) is 27.6 Å². The van der Waals surface area contributed by atoms with E-state index in [-0.39, 0.29) is 5.92 Å². The molecule has 0 N–H and O–H groups in total. The fourth-order valence-corrected chi connectivity index (χ4v) is 2.56. The molecule has 1 aromatic rings. The van der Waals surface area contributed by atoms with E-state index in [4.69, 9.17) is 0 Å². The van der Waals surface area contributed by atoms with Crippen LogP contribution in [-0.4, -0.2) is 27.5 Å². The van der Waals surface area contributed by atoms with Crippen molar-refractivity contribution in [1.29, 1.82) is 0 Å². The molecule has 0 aliphatic rings. The maximum Gasteiger partial charge on any atom is 0.593 e. The number of rotatable bonds is 5. The predicted molar refractivity (Wildman–Crippen MR) is 70.0 cm³/mol. The molecule has 0 saturated carbocycles. The molecule has 0 radical (unpaired) electrons. The second-order valence-corrected chi connectivity index (χ2v) is 5.92. The Morgan fingerprint density at radius 2 is 2.15 bits per heavy atom. The van der Waals surface area contributed by atoms with Crippen molar-refractivity contribution in [2.24, 2.45) is 5.16 Å². The van der Waals surface area contributed by atoms with Crippen molar-refractivity contribution in [3.8, 4) is 0 Å². The molecule has 1 heterocycles. The van der Waals surface area contributed by atoms with Crippen molar-refractivity contribution >= 4 is 17.0 Å². The van der Waals surface area contributed by atoms with E-state index < -0.39 is 17.2 Å². The Balaban J connectivity index is 3.04. The lowest BCUT2D eigenvalue weighted by molar-refractivity contribution is -0.325. The van der Waals surface area contributed by atoms with E-state index in [1.54, 1.807) is 6.92 Å². The van der Waals surface area contributed by atoms with Gasteiger partial charge < -0.3 is 0 Å². The van der Waals surface area contributed by atoms with Gasteiger partial charge in [-0.25, -0.2) is 0 Å². The molecule has 0 bridgehead atoms. The van der Waals surface area contributed by atoms with Gasteiger partial charge in [-0.1, -0.05) is 25.9 Å². The second kappa shape index (κ2) is 6.83. The molecule has 0 amide bonds. The van der Waals surface area contributed by atoms with Crippen LogP contribution in [0.3, 0.4) is 0 Å². The zero-order chi connectivity index (χ0) is 15.3. The first kappa shape index (κ1) is 16.6. The third kappa shape index (κ3) is 4.92. The van der Waals surface area contributed by atoms with Crippen LogP contribution < -0.4 is 0 Å². The minimum atomic E-state index is -4.82. The highest BCUT2D eigenvalue weighted by atomic mass is 32.2. The summed E-state index contributed by atoms with van der Waals surface area (Å²) in [6.07, 6.45) is -2.56. The molecule has 1 rings (SSSR count). The van der Waals surface area contributed by atoms with Gasteiger partial charge in [0.2, 0.25) is 0 Å². The van der Waals surface area contributed by atoms with Crippen LogP contribution in [0.4, 0.5) is 13.2 Å². The van der Waals surface area contributed by atoms with E-state index in [9.17, 15) is 17.4 Å². The average Bonchev–Trinajstić information content (AvgIpc) is 2.36. The molecule has 8 heteroatoms. The van der Waals surface area contributed by atoms with Crippen LogP contribution in [-0.2, 0) is 15.6 Å². The molecule has 20 heavy (non-hydrogen) atoms. The molecule has 0 spiro atoms. The van der Waals surface area contributed by atoms with Crippen molar-refractivity contribution in [2.75, 3.05) is 5.75 Å². The van der Waals surface area contributed by atoms with Crippen LogP contribution in [0, 0.1) is 0 Å². The Morgan fingerprint density at radius 1 is 1.50 bits per heavy atom. The normalized spacial score (nSPS) is 13.9. The summed E-state index contributed by atoms with van der Waals surface area (Å²) in [5, 5.41) is 2.82. The third-order valence-electron chi connectivity index (χ3n) is 2.32. The molecule has 0 saturated heterocycles. The summed E-state index contributed by atoms with van der Waals surface area (Å²) in [6, 6.07) is 1.52. The summed E-state index contributed by atoms with van der Waals surface area (Å²) in [6.45, 7) is 5.56. The van der Waals surface area contributed by atoms with Gasteiger partial charge in [0.25, 0.3) is 0 Å². The van der Waals surface area contributed by atoms with Crippen LogP contribution in [0.1, 0.15) is 37.9 Å². The van der Waals surface area contributed by atoms with Crippen LogP contribution >= 0.6 is 0 Å². The topological polar surface area (TPSA) is 51.5 Å². The fourth-order valence-electron chi connectivity index (χ4n) is 1.46. The quantitative estimate of drug-likeness (QED) is 0.620. The Labute approximate surface area is 117 Å². The van der Waals surface area contributed by atoms with Crippen LogP contribution in [0.5, 0.6) is 0 Å². The van der Waals surface area contributed by atoms with Gasteiger partial charge in [-0.15, -0.1) is 13.2 Å². The lowest BCUT2D eigenvalue weighted by atomic mass is 10.1. The van der Waals surface area contributed by atoms with Crippen molar-refractivity contribution in [2.45, 2.75) is 37.9 Å². The highest BCUT2D eigenvalue weighted by molar-refractivity contribution is 7.85. The SMILES string of the molecule is CCS(=O)c1cc(/C=N/OC(F)(F)F)cnc1C(C)C. The van der Waals surface area contributed by atoms with Gasteiger partial charge >= 0.3 is 6.36 Å². The van der Waals surface area contributed by atoms with E-state index in [0.29, 0.717) is 21.9 Å². The Hall–Kier alpha value is -1.44. The molecule has 1 unspecified atom stereocenters. The van der Waals surface area contributed by atoms with Crippen LogP contribution in [0.2, 0.25) is 0 Å². The lowest BCUT2D eigenvalue weighted by Crippen LogP contribution is -2.09. The van der Waals surface area contributed by atoms with Crippen molar-refractivity contribution < 1.29 is 22.2 Å². The molecule has 4 nitrogen and oxygen atoms in total. The van der Waals surface area contributed by atoms with E-state index in [0.717, 1.165) is 6.21 Å². The van der Waals surface area contributed by atoms with E-state index in [1.807, 2.05) is 13.8 Å². The first-order chi connectivity index (χ1) is 9.24.